The van der Waals surface area contributed by atoms with E-state index in [-0.39, 0.29) is 11.8 Å². The second-order valence-corrected chi connectivity index (χ2v) is 5.92. The van der Waals surface area contributed by atoms with Crippen LogP contribution in [0.4, 0.5) is 5.69 Å². The Labute approximate surface area is 122 Å². The van der Waals surface area contributed by atoms with Gasteiger partial charge in [-0.1, -0.05) is 22.0 Å². The minimum Gasteiger partial charge on any atom is -0.310 e. The van der Waals surface area contributed by atoms with Crippen molar-refractivity contribution < 1.29 is 9.59 Å². The Morgan fingerprint density at radius 1 is 1.39 bits per heavy atom. The summed E-state index contributed by atoms with van der Waals surface area (Å²) in [4.78, 5) is 24.8. The highest BCUT2D eigenvalue weighted by molar-refractivity contribution is 9.11. The third-order valence-corrected chi connectivity index (χ3v) is 4.01. The van der Waals surface area contributed by atoms with Crippen LogP contribution in [-0.2, 0) is 4.79 Å². The number of nitrogens with zero attached hydrogens (tertiary/aromatic N) is 1. The molecule has 1 atom stereocenters. The van der Waals surface area contributed by atoms with E-state index < -0.39 is 0 Å². The molecule has 2 rings (SSSR count). The Hall–Kier alpha value is -0.940. The van der Waals surface area contributed by atoms with E-state index in [4.69, 9.17) is 0 Å². The van der Waals surface area contributed by atoms with Gasteiger partial charge in [0, 0.05) is 33.4 Å². The van der Waals surface area contributed by atoms with E-state index in [1.165, 1.54) is 0 Å². The number of aldehydes is 1. The van der Waals surface area contributed by atoms with Crippen LogP contribution in [0.25, 0.3) is 0 Å². The number of anilines is 1. The number of amides is 1. The molecule has 0 radical (unpaired) electrons. The normalized spacial score (nSPS) is 19.1. The van der Waals surface area contributed by atoms with Crippen molar-refractivity contribution >= 4 is 49.7 Å². The van der Waals surface area contributed by atoms with Crippen LogP contribution in [-0.4, -0.2) is 18.7 Å². The Kier molecular flexibility index (Phi) is 4.02. The summed E-state index contributed by atoms with van der Waals surface area (Å²) in [5.41, 5.74) is 1.14. The summed E-state index contributed by atoms with van der Waals surface area (Å²) in [6.45, 7) is 4.29. The van der Waals surface area contributed by atoms with Gasteiger partial charge >= 0.3 is 0 Å². The van der Waals surface area contributed by atoms with Gasteiger partial charge in [-0.3, -0.25) is 9.59 Å². The van der Waals surface area contributed by atoms with Crippen LogP contribution in [0.5, 0.6) is 0 Å². The zero-order valence-corrected chi connectivity index (χ0v) is 12.7. The maximum Gasteiger partial charge on any atom is 0.227 e. The van der Waals surface area contributed by atoms with Gasteiger partial charge in [-0.2, -0.15) is 0 Å². The van der Waals surface area contributed by atoms with Crippen molar-refractivity contribution in [1.82, 2.24) is 0 Å². The third-order valence-electron chi connectivity index (χ3n) is 2.94. The molecule has 0 bridgehead atoms. The number of rotatable bonds is 3. The molecule has 1 aromatic carbocycles. The van der Waals surface area contributed by atoms with Crippen LogP contribution < -0.4 is 4.90 Å². The summed E-state index contributed by atoms with van der Waals surface area (Å²) in [5, 5.41) is 0. The van der Waals surface area contributed by atoms with Crippen molar-refractivity contribution in [2.75, 3.05) is 11.4 Å². The minimum absolute atomic E-state index is 0.0195. The average molecular weight is 373 g/mol. The van der Waals surface area contributed by atoms with Crippen LogP contribution in [0.3, 0.4) is 0 Å². The first-order valence-corrected chi connectivity index (χ1v) is 7.02. The highest BCUT2D eigenvalue weighted by Gasteiger charge is 2.31. The molecule has 5 heteroatoms. The zero-order chi connectivity index (χ0) is 13.3. The Morgan fingerprint density at radius 2 is 2.11 bits per heavy atom. The number of benzene rings is 1. The lowest BCUT2D eigenvalue weighted by molar-refractivity contribution is -0.117. The molecular weight excluding hydrogens is 362 g/mol. The second-order valence-electron chi connectivity index (χ2n) is 4.15. The van der Waals surface area contributed by atoms with Gasteiger partial charge in [-0.25, -0.2) is 0 Å². The number of hydrogen-bond acceptors (Lipinski definition) is 2. The van der Waals surface area contributed by atoms with Crippen molar-refractivity contribution in [3.05, 3.63) is 39.3 Å². The van der Waals surface area contributed by atoms with Crippen molar-refractivity contribution in [2.24, 2.45) is 5.92 Å². The van der Waals surface area contributed by atoms with Crippen LogP contribution in [0.2, 0.25) is 0 Å². The molecule has 1 amide bonds. The van der Waals surface area contributed by atoms with Crippen LogP contribution in [0, 0.1) is 5.92 Å². The smallest absolute Gasteiger partial charge is 0.227 e. The Morgan fingerprint density at radius 3 is 2.67 bits per heavy atom. The highest BCUT2D eigenvalue weighted by Crippen LogP contribution is 2.36. The predicted octanol–water partition coefficient (Wildman–Crippen LogP) is 3.56. The molecule has 1 unspecified atom stereocenters. The first kappa shape index (κ1) is 13.5. The van der Waals surface area contributed by atoms with E-state index in [0.717, 1.165) is 15.2 Å². The zero-order valence-electron chi connectivity index (χ0n) is 9.53. The first-order valence-electron chi connectivity index (χ1n) is 5.44. The molecule has 1 aromatic rings. The summed E-state index contributed by atoms with van der Waals surface area (Å²) in [6.07, 6.45) is 2.99. The van der Waals surface area contributed by atoms with E-state index in [1.807, 2.05) is 6.07 Å². The molecule has 1 fully saturated rings. The van der Waals surface area contributed by atoms with Gasteiger partial charge < -0.3 is 4.90 Å². The van der Waals surface area contributed by atoms with Crippen molar-refractivity contribution in [1.29, 1.82) is 0 Å². The molecule has 1 saturated heterocycles. The topological polar surface area (TPSA) is 37.4 Å². The van der Waals surface area contributed by atoms with Crippen molar-refractivity contribution in [3.8, 4) is 0 Å². The summed E-state index contributed by atoms with van der Waals surface area (Å²) in [5.74, 6) is 0.165. The molecule has 94 valence electrons. The number of halogens is 2. The van der Waals surface area contributed by atoms with Gasteiger partial charge in [0.05, 0.1) is 5.69 Å². The third kappa shape index (κ3) is 2.42. The van der Waals surface area contributed by atoms with E-state index >= 15 is 0 Å². The maximum atomic E-state index is 12.0. The van der Waals surface area contributed by atoms with Gasteiger partial charge in [0.1, 0.15) is 0 Å². The molecule has 0 spiro atoms. The van der Waals surface area contributed by atoms with Crippen LogP contribution >= 0.6 is 31.9 Å². The molecule has 0 N–H and O–H groups in total. The SMILES string of the molecule is C=CC1CC(=O)N(c2c(Br)cc(Br)cc2C=O)C1. The van der Waals surface area contributed by atoms with E-state index in [9.17, 15) is 9.59 Å². The fourth-order valence-corrected chi connectivity index (χ4v) is 3.54. The van der Waals surface area contributed by atoms with Gasteiger partial charge in [0.15, 0.2) is 6.29 Å². The van der Waals surface area contributed by atoms with Gasteiger partial charge in [-0.15, -0.1) is 6.58 Å². The van der Waals surface area contributed by atoms with Crippen molar-refractivity contribution in [2.45, 2.75) is 6.42 Å². The first-order chi connectivity index (χ1) is 8.56. The molecule has 0 aliphatic carbocycles. The molecule has 18 heavy (non-hydrogen) atoms. The fourth-order valence-electron chi connectivity index (χ4n) is 2.07. The maximum absolute atomic E-state index is 12.0. The van der Waals surface area contributed by atoms with Crippen molar-refractivity contribution in [3.63, 3.8) is 0 Å². The second kappa shape index (κ2) is 5.36. The molecular formula is C13H11Br2NO2. The monoisotopic (exact) mass is 371 g/mol. The minimum atomic E-state index is 0.0195. The number of carbonyl (C=O) groups excluding carboxylic acids is 2. The summed E-state index contributed by atoms with van der Waals surface area (Å²) in [6, 6.07) is 3.54. The largest absolute Gasteiger partial charge is 0.310 e. The average Bonchev–Trinajstić information content (AvgIpc) is 2.69. The van der Waals surface area contributed by atoms with Crippen LogP contribution in [0.15, 0.2) is 33.7 Å². The molecule has 3 nitrogen and oxygen atoms in total. The molecule has 1 heterocycles. The van der Waals surface area contributed by atoms with Gasteiger partial charge in [0.2, 0.25) is 5.91 Å². The van der Waals surface area contributed by atoms with E-state index in [0.29, 0.717) is 24.2 Å². The molecule has 1 aliphatic heterocycles. The molecule has 0 aromatic heterocycles. The van der Waals surface area contributed by atoms with Gasteiger partial charge in [-0.05, 0) is 28.1 Å². The summed E-state index contributed by atoms with van der Waals surface area (Å²) < 4.78 is 1.53. The Balaban J connectivity index is 2.48. The Bertz CT molecular complexity index is 528. The summed E-state index contributed by atoms with van der Waals surface area (Å²) in [7, 11) is 0. The number of carbonyl (C=O) groups is 2. The quantitative estimate of drug-likeness (QED) is 0.600. The van der Waals surface area contributed by atoms with Crippen LogP contribution in [0.1, 0.15) is 16.8 Å². The summed E-state index contributed by atoms with van der Waals surface area (Å²) >= 11 is 6.74. The lowest BCUT2D eigenvalue weighted by Crippen LogP contribution is -2.26. The standard InChI is InChI=1S/C13H11Br2NO2/c1-2-8-3-12(18)16(6-8)13-9(7-17)4-10(14)5-11(13)15/h2,4-5,7-8H,1,3,6H2. The fraction of sp³-hybridized carbons (Fsp3) is 0.231. The molecule has 0 saturated carbocycles. The van der Waals surface area contributed by atoms with Gasteiger partial charge in [0.25, 0.3) is 0 Å². The highest BCUT2D eigenvalue weighted by atomic mass is 79.9. The molecule has 1 aliphatic rings. The predicted molar refractivity (Wildman–Crippen MR) is 77.9 cm³/mol. The lowest BCUT2D eigenvalue weighted by Gasteiger charge is -2.20. The van der Waals surface area contributed by atoms with E-state index in [2.05, 4.69) is 38.4 Å². The lowest BCUT2D eigenvalue weighted by atomic mass is 10.1. The van der Waals surface area contributed by atoms with E-state index in [1.54, 1.807) is 17.0 Å². The number of hydrogen-bond donors (Lipinski definition) is 0.